The van der Waals surface area contributed by atoms with Gasteiger partial charge in [-0.1, -0.05) is 20.8 Å². The number of nitrogens with one attached hydrogen (secondary N) is 1. The minimum atomic E-state index is -0.781. The van der Waals surface area contributed by atoms with E-state index in [2.05, 4.69) is 14.4 Å². The summed E-state index contributed by atoms with van der Waals surface area (Å²) in [5.41, 5.74) is 0.280. The van der Waals surface area contributed by atoms with E-state index < -0.39 is 11.4 Å². The zero-order valence-electron chi connectivity index (χ0n) is 9.33. The summed E-state index contributed by atoms with van der Waals surface area (Å²) in [5, 5.41) is 0.285. The van der Waals surface area contributed by atoms with Crippen LogP contribution in [-0.4, -0.2) is 9.97 Å². The number of nitrogens with zero attached hydrogens (tertiary/aromatic N) is 1. The fourth-order valence-electron chi connectivity index (χ4n) is 1.40. The van der Waals surface area contributed by atoms with Gasteiger partial charge in [-0.25, -0.2) is 14.6 Å². The summed E-state index contributed by atoms with van der Waals surface area (Å²) < 4.78 is 4.41. The molecule has 1 N–H and O–H groups in total. The number of H-pyrrole nitrogens is 1. The maximum Gasteiger partial charge on any atom is 0.420 e. The molecule has 5 nitrogen and oxygen atoms in total. The van der Waals surface area contributed by atoms with Gasteiger partial charge in [0.25, 0.3) is 0 Å². The molecule has 0 radical (unpaired) electrons. The van der Waals surface area contributed by atoms with Crippen molar-refractivity contribution in [2.75, 3.05) is 0 Å². The zero-order chi connectivity index (χ0) is 11.9. The van der Waals surface area contributed by atoms with Crippen LogP contribution in [0.2, 0.25) is 0 Å². The third kappa shape index (κ3) is 1.76. The number of aromatic amines is 1. The Balaban J connectivity index is 2.82. The Morgan fingerprint density at radius 1 is 1.25 bits per heavy atom. The Hall–Kier alpha value is -1.91. The largest absolute Gasteiger partial charge is 0.420 e. The van der Waals surface area contributed by atoms with Gasteiger partial charge >= 0.3 is 11.4 Å². The van der Waals surface area contributed by atoms with Crippen LogP contribution in [0.3, 0.4) is 0 Å². The van der Waals surface area contributed by atoms with Crippen molar-refractivity contribution in [3.63, 3.8) is 0 Å². The first-order valence-corrected chi connectivity index (χ1v) is 4.92. The number of aromatic nitrogens is 2. The summed E-state index contributed by atoms with van der Waals surface area (Å²) in [4.78, 5) is 29.0. The first-order valence-electron chi connectivity index (χ1n) is 4.92. The van der Waals surface area contributed by atoms with Gasteiger partial charge in [-0.15, -0.1) is 0 Å². The Bertz CT molecular complexity index is 647. The van der Waals surface area contributed by atoms with Crippen molar-refractivity contribution in [1.82, 2.24) is 9.97 Å². The molecule has 0 saturated heterocycles. The highest BCUT2D eigenvalue weighted by Crippen LogP contribution is 2.20. The molecule has 0 saturated carbocycles. The van der Waals surface area contributed by atoms with Gasteiger partial charge < -0.3 is 4.42 Å². The smallest absolute Gasteiger partial charge is 0.372 e. The second-order valence-electron chi connectivity index (χ2n) is 4.64. The van der Waals surface area contributed by atoms with Gasteiger partial charge in [0, 0.05) is 11.1 Å². The Kier molecular flexibility index (Phi) is 2.18. The highest BCUT2D eigenvalue weighted by molar-refractivity contribution is 5.72. The minimum absolute atomic E-state index is 0.138. The monoisotopic (exact) mass is 220 g/mol. The van der Waals surface area contributed by atoms with Crippen molar-refractivity contribution in [1.29, 1.82) is 0 Å². The Morgan fingerprint density at radius 3 is 2.56 bits per heavy atom. The molecule has 0 aliphatic carbocycles. The van der Waals surface area contributed by atoms with E-state index in [1.54, 1.807) is 12.1 Å². The second-order valence-corrected chi connectivity index (χ2v) is 4.64. The normalized spacial score (nSPS) is 11.9. The summed E-state index contributed by atoms with van der Waals surface area (Å²) >= 11 is 0. The van der Waals surface area contributed by atoms with E-state index in [4.69, 9.17) is 0 Å². The van der Waals surface area contributed by atoms with Crippen molar-refractivity contribution in [3.05, 3.63) is 38.8 Å². The zero-order valence-corrected chi connectivity index (χ0v) is 9.33. The molecule has 0 aliphatic rings. The summed E-state index contributed by atoms with van der Waals surface area (Å²) in [6, 6.07) is 3.38. The average Bonchev–Trinajstić information content (AvgIpc) is 2.15. The lowest BCUT2D eigenvalue weighted by atomic mass is 9.91. The van der Waals surface area contributed by atoms with E-state index in [0.717, 1.165) is 5.69 Å². The molecule has 0 fully saturated rings. The predicted octanol–water partition coefficient (Wildman–Crippen LogP) is 1.17. The third-order valence-corrected chi connectivity index (χ3v) is 2.29. The molecular weight excluding hydrogens is 208 g/mol. The molecule has 84 valence electrons. The average molecular weight is 220 g/mol. The van der Waals surface area contributed by atoms with Crippen LogP contribution >= 0.6 is 0 Å². The summed E-state index contributed by atoms with van der Waals surface area (Å²) in [7, 11) is 0. The molecule has 0 amide bonds. The number of pyridine rings is 1. The lowest BCUT2D eigenvalue weighted by Gasteiger charge is -2.17. The van der Waals surface area contributed by atoms with E-state index >= 15 is 0 Å². The number of hydrogen-bond donors (Lipinski definition) is 1. The number of fused-ring (bicyclic) bond motifs is 1. The summed E-state index contributed by atoms with van der Waals surface area (Å²) in [5.74, 6) is -0.781. The molecule has 0 bridgehead atoms. The third-order valence-electron chi connectivity index (χ3n) is 2.29. The summed E-state index contributed by atoms with van der Waals surface area (Å²) in [6.45, 7) is 6.01. The summed E-state index contributed by atoms with van der Waals surface area (Å²) in [6.07, 6.45) is 0. The van der Waals surface area contributed by atoms with Crippen LogP contribution in [0.25, 0.3) is 11.0 Å². The van der Waals surface area contributed by atoms with E-state index in [0.29, 0.717) is 0 Å². The predicted molar refractivity (Wildman–Crippen MR) is 59.6 cm³/mol. The van der Waals surface area contributed by atoms with Crippen molar-refractivity contribution in [2.45, 2.75) is 26.2 Å². The van der Waals surface area contributed by atoms with Crippen LogP contribution < -0.4 is 11.4 Å². The molecular formula is C11H12N2O3. The molecule has 0 atom stereocenters. The van der Waals surface area contributed by atoms with Crippen molar-refractivity contribution in [2.24, 2.45) is 0 Å². The van der Waals surface area contributed by atoms with Crippen LogP contribution in [0.1, 0.15) is 26.5 Å². The van der Waals surface area contributed by atoms with Crippen LogP contribution in [0.15, 0.2) is 26.1 Å². The molecule has 5 heteroatoms. The first kappa shape index (κ1) is 10.6. The van der Waals surface area contributed by atoms with Crippen LogP contribution in [-0.2, 0) is 5.41 Å². The van der Waals surface area contributed by atoms with Gasteiger partial charge in [0.05, 0.1) is 0 Å². The first-order chi connectivity index (χ1) is 7.38. The maximum atomic E-state index is 11.3. The Labute approximate surface area is 91.1 Å². The van der Waals surface area contributed by atoms with Gasteiger partial charge in [0.15, 0.2) is 0 Å². The van der Waals surface area contributed by atoms with Crippen molar-refractivity contribution in [3.8, 4) is 0 Å². The standard InChI is InChI=1S/C11H12N2O3/c1-11(2,3)7-5-4-6-8(12-7)13-10(15)16-9(6)14/h4-5H,1-3H3,(H,12,13,15). The topological polar surface area (TPSA) is 76.0 Å². The van der Waals surface area contributed by atoms with Gasteiger partial charge in [-0.05, 0) is 12.1 Å². The fraction of sp³-hybridized carbons (Fsp3) is 0.364. The molecule has 0 spiro atoms. The second kappa shape index (κ2) is 3.30. The van der Waals surface area contributed by atoms with Crippen molar-refractivity contribution < 1.29 is 4.42 Å². The van der Waals surface area contributed by atoms with E-state index in [1.807, 2.05) is 20.8 Å². The molecule has 16 heavy (non-hydrogen) atoms. The molecule has 0 aromatic carbocycles. The minimum Gasteiger partial charge on any atom is -0.372 e. The molecule has 2 aromatic rings. The van der Waals surface area contributed by atoms with E-state index in [1.165, 1.54) is 0 Å². The highest BCUT2D eigenvalue weighted by atomic mass is 16.4. The lowest BCUT2D eigenvalue weighted by molar-refractivity contribution is 0.458. The SMILES string of the molecule is CC(C)(C)c1ccc2c(=O)oc(=O)[nH]c2n1. The van der Waals surface area contributed by atoms with E-state index in [9.17, 15) is 9.59 Å². The molecule has 0 aliphatic heterocycles. The van der Waals surface area contributed by atoms with Crippen LogP contribution in [0.5, 0.6) is 0 Å². The lowest BCUT2D eigenvalue weighted by Crippen LogP contribution is -2.18. The molecule has 0 unspecified atom stereocenters. The quantitative estimate of drug-likeness (QED) is 0.723. The van der Waals surface area contributed by atoms with Gasteiger partial charge in [0.1, 0.15) is 11.0 Å². The highest BCUT2D eigenvalue weighted by Gasteiger charge is 2.16. The molecule has 2 rings (SSSR count). The fourth-order valence-corrected chi connectivity index (χ4v) is 1.40. The maximum absolute atomic E-state index is 11.3. The molecule has 2 aromatic heterocycles. The van der Waals surface area contributed by atoms with E-state index in [-0.39, 0.29) is 16.4 Å². The van der Waals surface area contributed by atoms with Gasteiger partial charge in [-0.2, -0.15) is 0 Å². The van der Waals surface area contributed by atoms with Crippen molar-refractivity contribution >= 4 is 11.0 Å². The number of rotatable bonds is 0. The van der Waals surface area contributed by atoms with Gasteiger partial charge in [-0.3, -0.25) is 4.98 Å². The molecule has 2 heterocycles. The van der Waals surface area contributed by atoms with Gasteiger partial charge in [0.2, 0.25) is 0 Å². The van der Waals surface area contributed by atoms with Crippen LogP contribution in [0.4, 0.5) is 0 Å². The van der Waals surface area contributed by atoms with Crippen LogP contribution in [0, 0.1) is 0 Å². The Morgan fingerprint density at radius 2 is 1.94 bits per heavy atom. The number of hydrogen-bond acceptors (Lipinski definition) is 4.